The number of nitrogens with one attached hydrogen (secondary N) is 2. The minimum atomic E-state index is 0. The Balaban J connectivity index is 0.00000253. The normalized spacial score (nSPS) is 30.7. The standard InChI is InChI=1S/C27H34N6O.ClH/c28-13-19-1-3-20(4-2-19)16-33-18-29-14-25(33)15-30-24-5-6-32(17-24)26(34)31-27-10-21-7-22(11-27)9-23(8-21)12-27;/h1-4,14,18,21-24,30H,5-12,15-17H2,(H,31,34);1H/t21?,22?,23?,24-,27?;/m1./s1. The van der Waals surface area contributed by atoms with Crippen molar-refractivity contribution in [2.45, 2.75) is 69.6 Å². The molecule has 35 heavy (non-hydrogen) atoms. The second-order valence-electron chi connectivity index (χ2n) is 11.3. The molecule has 5 aliphatic rings. The number of nitrogens with zero attached hydrogens (tertiary/aromatic N) is 4. The molecule has 0 radical (unpaired) electrons. The quantitative estimate of drug-likeness (QED) is 0.634. The predicted octanol–water partition coefficient (Wildman–Crippen LogP) is 4.07. The molecular weight excluding hydrogens is 460 g/mol. The van der Waals surface area contributed by atoms with E-state index in [0.717, 1.165) is 61.6 Å². The van der Waals surface area contributed by atoms with Crippen molar-refractivity contribution in [1.29, 1.82) is 5.26 Å². The Bertz CT molecular complexity index is 1050. The van der Waals surface area contributed by atoms with E-state index in [-0.39, 0.29) is 24.0 Å². The third kappa shape index (κ3) is 5.05. The smallest absolute Gasteiger partial charge is 0.317 e. The minimum Gasteiger partial charge on any atom is -0.333 e. The molecule has 1 aromatic heterocycles. The molecule has 4 aliphatic carbocycles. The maximum absolute atomic E-state index is 13.2. The number of rotatable bonds is 6. The van der Waals surface area contributed by atoms with E-state index in [0.29, 0.717) is 11.6 Å². The predicted molar refractivity (Wildman–Crippen MR) is 136 cm³/mol. The molecule has 1 saturated heterocycles. The average Bonchev–Trinajstić information content (AvgIpc) is 3.46. The molecular formula is C27H35ClN6O. The van der Waals surface area contributed by atoms with Gasteiger partial charge in [-0.2, -0.15) is 5.26 Å². The van der Waals surface area contributed by atoms with Gasteiger partial charge in [0.15, 0.2) is 0 Å². The fourth-order valence-electron chi connectivity index (χ4n) is 7.45. The van der Waals surface area contributed by atoms with Crippen molar-refractivity contribution in [3.63, 3.8) is 0 Å². The number of nitriles is 1. The zero-order valence-corrected chi connectivity index (χ0v) is 21.0. The number of carbonyl (C=O) groups excluding carboxylic acids is 1. The van der Waals surface area contributed by atoms with Gasteiger partial charge in [-0.1, -0.05) is 12.1 Å². The van der Waals surface area contributed by atoms with Gasteiger partial charge in [-0.3, -0.25) is 0 Å². The molecule has 1 atom stereocenters. The second kappa shape index (κ2) is 9.83. The SMILES string of the molecule is Cl.N#Cc1ccc(Cn2cncc2CN[C@@H]2CCN(C(=O)NC34CC5CC(CC(C5)C3)C4)C2)cc1. The highest BCUT2D eigenvalue weighted by Gasteiger charge is 2.52. The zero-order valence-electron chi connectivity index (χ0n) is 20.2. The van der Waals surface area contributed by atoms with Crippen molar-refractivity contribution in [1.82, 2.24) is 25.1 Å². The van der Waals surface area contributed by atoms with Crippen LogP contribution in [0.4, 0.5) is 4.79 Å². The average molecular weight is 495 g/mol. The van der Waals surface area contributed by atoms with Crippen LogP contribution in [0, 0.1) is 29.1 Å². The van der Waals surface area contributed by atoms with Crippen LogP contribution in [0.2, 0.25) is 0 Å². The first-order valence-corrected chi connectivity index (χ1v) is 12.9. The number of hydrogen-bond acceptors (Lipinski definition) is 4. The first kappa shape index (κ1) is 24.1. The summed E-state index contributed by atoms with van der Waals surface area (Å²) in [6.45, 7) is 3.04. The third-order valence-corrected chi connectivity index (χ3v) is 8.69. The summed E-state index contributed by atoms with van der Waals surface area (Å²) in [7, 11) is 0. The van der Waals surface area contributed by atoms with Gasteiger partial charge in [0.25, 0.3) is 0 Å². The molecule has 0 unspecified atom stereocenters. The van der Waals surface area contributed by atoms with Crippen LogP contribution in [0.1, 0.15) is 61.8 Å². The van der Waals surface area contributed by atoms with Crippen molar-refractivity contribution < 1.29 is 4.79 Å². The molecule has 7 nitrogen and oxygen atoms in total. The molecule has 8 heteroatoms. The summed E-state index contributed by atoms with van der Waals surface area (Å²) in [5.74, 6) is 2.52. The Morgan fingerprint density at radius 2 is 1.80 bits per heavy atom. The van der Waals surface area contributed by atoms with Crippen molar-refractivity contribution in [3.05, 3.63) is 53.6 Å². The molecule has 2 amide bonds. The fourth-order valence-corrected chi connectivity index (χ4v) is 7.45. The van der Waals surface area contributed by atoms with E-state index in [9.17, 15) is 4.79 Å². The van der Waals surface area contributed by atoms with Gasteiger partial charge in [-0.15, -0.1) is 12.4 Å². The van der Waals surface area contributed by atoms with Crippen LogP contribution >= 0.6 is 12.4 Å². The lowest BCUT2D eigenvalue weighted by Crippen LogP contribution is -2.61. The van der Waals surface area contributed by atoms with E-state index in [1.54, 1.807) is 0 Å². The molecule has 5 fully saturated rings. The van der Waals surface area contributed by atoms with E-state index < -0.39 is 0 Å². The van der Waals surface area contributed by atoms with Gasteiger partial charge >= 0.3 is 6.03 Å². The van der Waals surface area contributed by atoms with Gasteiger partial charge in [-0.25, -0.2) is 9.78 Å². The molecule has 7 rings (SSSR count). The summed E-state index contributed by atoms with van der Waals surface area (Å²) in [5.41, 5.74) is 3.02. The molecule has 2 N–H and O–H groups in total. The van der Waals surface area contributed by atoms with E-state index in [4.69, 9.17) is 5.26 Å². The van der Waals surface area contributed by atoms with Crippen molar-refractivity contribution in [2.75, 3.05) is 13.1 Å². The highest BCUT2D eigenvalue weighted by Crippen LogP contribution is 2.55. The monoisotopic (exact) mass is 494 g/mol. The minimum absolute atomic E-state index is 0. The number of carbonyl (C=O) groups is 1. The molecule has 4 saturated carbocycles. The number of halogens is 1. The van der Waals surface area contributed by atoms with Crippen molar-refractivity contribution in [2.24, 2.45) is 17.8 Å². The summed E-state index contributed by atoms with van der Waals surface area (Å²) in [6, 6.07) is 10.3. The first-order valence-electron chi connectivity index (χ1n) is 12.9. The van der Waals surface area contributed by atoms with Gasteiger partial charge in [0.2, 0.25) is 0 Å². The second-order valence-corrected chi connectivity index (χ2v) is 11.3. The molecule has 1 aliphatic heterocycles. The summed E-state index contributed by atoms with van der Waals surface area (Å²) in [5, 5.41) is 16.2. The highest BCUT2D eigenvalue weighted by molar-refractivity contribution is 5.85. The fraction of sp³-hybridized carbons (Fsp3) is 0.593. The number of urea groups is 1. The van der Waals surface area contributed by atoms with Gasteiger partial charge in [0.05, 0.1) is 23.7 Å². The van der Waals surface area contributed by atoms with Crippen LogP contribution in [-0.2, 0) is 13.1 Å². The number of benzene rings is 1. The summed E-state index contributed by atoms with van der Waals surface area (Å²) in [4.78, 5) is 19.5. The Hall–Kier alpha value is -2.56. The van der Waals surface area contributed by atoms with E-state index in [1.807, 2.05) is 41.7 Å². The summed E-state index contributed by atoms with van der Waals surface area (Å²) < 4.78 is 2.14. The number of hydrogen-bond donors (Lipinski definition) is 2. The third-order valence-electron chi connectivity index (χ3n) is 8.69. The Morgan fingerprint density at radius 3 is 2.46 bits per heavy atom. The Labute approximate surface area is 213 Å². The Morgan fingerprint density at radius 1 is 1.11 bits per heavy atom. The van der Waals surface area contributed by atoms with Gasteiger partial charge in [-0.05, 0) is 80.4 Å². The largest absolute Gasteiger partial charge is 0.333 e. The number of likely N-dealkylation sites (tertiary alicyclic amines) is 1. The van der Waals surface area contributed by atoms with Crippen LogP contribution < -0.4 is 10.6 Å². The van der Waals surface area contributed by atoms with Crippen LogP contribution in [0.15, 0.2) is 36.8 Å². The molecule has 2 aromatic rings. The van der Waals surface area contributed by atoms with Crippen LogP contribution in [-0.4, -0.2) is 45.2 Å². The molecule has 2 heterocycles. The van der Waals surface area contributed by atoms with Gasteiger partial charge in [0.1, 0.15) is 0 Å². The lowest BCUT2D eigenvalue weighted by atomic mass is 9.53. The number of imidazole rings is 1. The van der Waals surface area contributed by atoms with Crippen molar-refractivity contribution in [3.8, 4) is 6.07 Å². The van der Waals surface area contributed by atoms with E-state index >= 15 is 0 Å². The van der Waals surface area contributed by atoms with Crippen molar-refractivity contribution >= 4 is 18.4 Å². The van der Waals surface area contributed by atoms with Crippen LogP contribution in [0.3, 0.4) is 0 Å². The number of aromatic nitrogens is 2. The van der Waals surface area contributed by atoms with Gasteiger partial charge < -0.3 is 20.1 Å². The van der Waals surface area contributed by atoms with E-state index in [1.165, 1.54) is 38.5 Å². The van der Waals surface area contributed by atoms with Gasteiger partial charge in [0, 0.05) is 44.0 Å². The van der Waals surface area contributed by atoms with Crippen LogP contribution in [0.5, 0.6) is 0 Å². The summed E-state index contributed by atoms with van der Waals surface area (Å²) >= 11 is 0. The zero-order chi connectivity index (χ0) is 23.1. The maximum Gasteiger partial charge on any atom is 0.317 e. The molecule has 4 bridgehead atoms. The maximum atomic E-state index is 13.2. The first-order chi connectivity index (χ1) is 16.6. The molecule has 186 valence electrons. The number of amides is 2. The lowest BCUT2D eigenvalue weighted by Gasteiger charge is -2.57. The molecule has 1 aromatic carbocycles. The highest BCUT2D eigenvalue weighted by atomic mass is 35.5. The summed E-state index contributed by atoms with van der Waals surface area (Å²) in [6.07, 6.45) is 12.5. The van der Waals surface area contributed by atoms with E-state index in [2.05, 4.69) is 26.3 Å². The Kier molecular flexibility index (Phi) is 6.78. The molecule has 0 spiro atoms. The lowest BCUT2D eigenvalue weighted by molar-refractivity contribution is -0.0153. The topological polar surface area (TPSA) is 86.0 Å². The van der Waals surface area contributed by atoms with Crippen LogP contribution in [0.25, 0.3) is 0 Å².